The average Bonchev–Trinajstić information content (AvgIpc) is 2.59. The first-order chi connectivity index (χ1) is 13.7. The van der Waals surface area contributed by atoms with Gasteiger partial charge in [-0.2, -0.15) is 13.2 Å². The Balaban J connectivity index is 2.15. The molecule has 0 aliphatic heterocycles. The van der Waals surface area contributed by atoms with Crippen LogP contribution in [0.15, 0.2) is 64.5 Å². The van der Waals surface area contributed by atoms with E-state index in [-0.39, 0.29) is 22.0 Å². The molecule has 0 fully saturated rings. The van der Waals surface area contributed by atoms with Gasteiger partial charge in [0, 0.05) is 33.1 Å². The molecule has 0 atom stereocenters. The number of nitrogens with one attached hydrogen (secondary N) is 1. The predicted molar refractivity (Wildman–Crippen MR) is 111 cm³/mol. The first-order valence-electron chi connectivity index (χ1n) is 8.59. The van der Waals surface area contributed by atoms with Crippen LogP contribution in [-0.2, 0) is 6.18 Å². The molecule has 0 heterocycles. The Kier molecular flexibility index (Phi) is 5.87. The Morgan fingerprint density at radius 3 is 2.19 bits per heavy atom. The number of nitrogen functional groups attached to an aromatic ring is 1. The minimum Gasteiger partial charge on any atom is -0.398 e. The number of thioether (sulfide) groups is 1. The maximum absolute atomic E-state index is 13.0. The van der Waals surface area contributed by atoms with Crippen LogP contribution in [-0.4, -0.2) is 5.75 Å². The lowest BCUT2D eigenvalue weighted by atomic mass is 9.92. The van der Waals surface area contributed by atoms with Gasteiger partial charge in [-0.25, -0.2) is 0 Å². The van der Waals surface area contributed by atoms with Crippen molar-refractivity contribution in [1.29, 1.82) is 0 Å². The normalized spacial score (nSPS) is 15.2. The summed E-state index contributed by atoms with van der Waals surface area (Å²) in [6.45, 7) is 7.11. The van der Waals surface area contributed by atoms with Gasteiger partial charge >= 0.3 is 16.4 Å². The average molecular weight is 493 g/mol. The topological polar surface area (TPSA) is 38.0 Å². The summed E-state index contributed by atoms with van der Waals surface area (Å²) < 4.78 is 104. The SMILES string of the molecule is C=C(Nc1ccc(N)c(C(F)(F)F)c1)C(C)(C)CSc1cccc(S(F)(F)(F)(F)F)c1. The van der Waals surface area contributed by atoms with E-state index in [1.165, 1.54) is 12.1 Å². The van der Waals surface area contributed by atoms with Crippen molar-refractivity contribution in [3.8, 4) is 0 Å². The summed E-state index contributed by atoms with van der Waals surface area (Å²) in [7, 11) is -9.80. The fraction of sp³-hybridized carbons (Fsp3) is 0.263. The number of hydrogen-bond acceptors (Lipinski definition) is 3. The van der Waals surface area contributed by atoms with E-state index in [4.69, 9.17) is 5.73 Å². The molecular formula is C19H20F8N2S2. The summed E-state index contributed by atoms with van der Waals surface area (Å²) in [6.07, 6.45) is -4.65. The van der Waals surface area contributed by atoms with Crippen molar-refractivity contribution in [2.45, 2.75) is 29.8 Å². The van der Waals surface area contributed by atoms with Gasteiger partial charge in [-0.15, -0.1) is 11.8 Å². The minimum absolute atomic E-state index is 0.0292. The van der Waals surface area contributed by atoms with Crippen molar-refractivity contribution in [1.82, 2.24) is 0 Å². The molecule has 0 aromatic heterocycles. The van der Waals surface area contributed by atoms with Crippen LogP contribution in [0.25, 0.3) is 0 Å². The molecule has 0 saturated heterocycles. The molecule has 0 amide bonds. The lowest BCUT2D eigenvalue weighted by Crippen LogP contribution is -2.23. The Morgan fingerprint density at radius 2 is 1.65 bits per heavy atom. The van der Waals surface area contributed by atoms with Crippen LogP contribution in [0, 0.1) is 5.41 Å². The van der Waals surface area contributed by atoms with Gasteiger partial charge in [-0.3, -0.25) is 0 Å². The summed E-state index contributed by atoms with van der Waals surface area (Å²) >= 11 is 0.889. The molecule has 2 nitrogen and oxygen atoms in total. The highest BCUT2D eigenvalue weighted by Crippen LogP contribution is 3.02. The van der Waals surface area contributed by atoms with Gasteiger partial charge in [0.05, 0.1) is 5.56 Å². The zero-order valence-electron chi connectivity index (χ0n) is 16.4. The van der Waals surface area contributed by atoms with Crippen LogP contribution >= 0.6 is 22.0 Å². The van der Waals surface area contributed by atoms with Crippen LogP contribution in [0.3, 0.4) is 0 Å². The third-order valence-corrected chi connectivity index (χ3v) is 6.92. The molecule has 0 spiro atoms. The first kappa shape index (κ1) is 25.2. The van der Waals surface area contributed by atoms with Crippen molar-refractivity contribution >= 4 is 33.4 Å². The Bertz CT molecular complexity index is 999. The van der Waals surface area contributed by atoms with Gasteiger partial charge in [0.25, 0.3) is 0 Å². The zero-order valence-corrected chi connectivity index (χ0v) is 18.0. The van der Waals surface area contributed by atoms with Crippen LogP contribution in [0.4, 0.5) is 44.0 Å². The fourth-order valence-electron chi connectivity index (χ4n) is 2.38. The first-order valence-corrected chi connectivity index (χ1v) is 11.5. The summed E-state index contributed by atoms with van der Waals surface area (Å²) in [5, 5.41) is 2.75. The minimum atomic E-state index is -9.80. The lowest BCUT2D eigenvalue weighted by Gasteiger charge is -2.40. The van der Waals surface area contributed by atoms with E-state index in [9.17, 15) is 32.6 Å². The van der Waals surface area contributed by atoms with Crippen LogP contribution in [0.5, 0.6) is 0 Å². The van der Waals surface area contributed by atoms with Gasteiger partial charge in [-0.05, 0) is 36.4 Å². The van der Waals surface area contributed by atoms with Crippen LogP contribution in [0.2, 0.25) is 0 Å². The maximum Gasteiger partial charge on any atom is 0.418 e. The van der Waals surface area contributed by atoms with Crippen molar-refractivity contribution in [2.75, 3.05) is 16.8 Å². The number of allylic oxidation sites excluding steroid dienone is 1. The van der Waals surface area contributed by atoms with Crippen LogP contribution < -0.4 is 11.1 Å². The molecule has 12 heteroatoms. The van der Waals surface area contributed by atoms with E-state index in [1.54, 1.807) is 13.8 Å². The van der Waals surface area contributed by atoms with Crippen molar-refractivity contribution < 1.29 is 32.6 Å². The number of anilines is 2. The van der Waals surface area contributed by atoms with E-state index >= 15 is 0 Å². The summed E-state index contributed by atoms with van der Waals surface area (Å²) in [5.74, 6) is 0.115. The lowest BCUT2D eigenvalue weighted by molar-refractivity contribution is -0.136. The number of alkyl halides is 3. The van der Waals surface area contributed by atoms with Gasteiger partial charge in [0.15, 0.2) is 0 Å². The van der Waals surface area contributed by atoms with E-state index < -0.39 is 38.0 Å². The molecule has 2 aromatic carbocycles. The monoisotopic (exact) mass is 492 g/mol. The highest BCUT2D eigenvalue weighted by Gasteiger charge is 2.65. The molecular weight excluding hydrogens is 472 g/mol. The van der Waals surface area contributed by atoms with Crippen LogP contribution in [0.1, 0.15) is 19.4 Å². The van der Waals surface area contributed by atoms with Gasteiger partial charge in [0.2, 0.25) is 0 Å². The van der Waals surface area contributed by atoms with E-state index in [2.05, 4.69) is 11.9 Å². The molecule has 174 valence electrons. The summed E-state index contributed by atoms with van der Waals surface area (Å²) in [4.78, 5) is -2.01. The highest BCUT2D eigenvalue weighted by atomic mass is 32.5. The molecule has 0 radical (unpaired) electrons. The molecule has 2 rings (SSSR count). The molecule has 0 aliphatic carbocycles. The Morgan fingerprint density at radius 1 is 1.03 bits per heavy atom. The smallest absolute Gasteiger partial charge is 0.398 e. The number of rotatable bonds is 7. The second kappa shape index (κ2) is 7.22. The summed E-state index contributed by atoms with van der Waals surface area (Å²) in [5.41, 5.74) is 3.43. The van der Waals surface area contributed by atoms with E-state index in [1.807, 2.05) is 0 Å². The largest absolute Gasteiger partial charge is 0.418 e. The Hall–Kier alpha value is -2.08. The van der Waals surface area contributed by atoms with Gasteiger partial charge in [-0.1, -0.05) is 45.9 Å². The van der Waals surface area contributed by atoms with Crippen molar-refractivity contribution in [2.24, 2.45) is 5.41 Å². The Labute approximate surface area is 178 Å². The molecule has 0 bridgehead atoms. The fourth-order valence-corrected chi connectivity index (χ4v) is 4.22. The number of halogens is 8. The number of benzene rings is 2. The zero-order chi connectivity index (χ0) is 23.9. The summed E-state index contributed by atoms with van der Waals surface area (Å²) in [6, 6.07) is 6.09. The van der Waals surface area contributed by atoms with Gasteiger partial charge < -0.3 is 11.1 Å². The van der Waals surface area contributed by atoms with Crippen molar-refractivity contribution in [3.05, 3.63) is 60.3 Å². The van der Waals surface area contributed by atoms with Gasteiger partial charge in [0.1, 0.15) is 4.90 Å². The predicted octanol–water partition coefficient (Wildman–Crippen LogP) is 8.69. The quantitative estimate of drug-likeness (QED) is 0.231. The molecule has 0 aliphatic rings. The van der Waals surface area contributed by atoms with E-state index in [0.717, 1.165) is 30.0 Å². The van der Waals surface area contributed by atoms with Crippen molar-refractivity contribution in [3.63, 3.8) is 0 Å². The number of hydrogen-bond donors (Lipinski definition) is 2. The third-order valence-electron chi connectivity index (χ3n) is 4.32. The molecule has 3 N–H and O–H groups in total. The maximum atomic E-state index is 13.0. The standard InChI is InChI=1S/C19H20F8N2S2/c1-12(29-13-7-8-17(28)16(9-13)19(20,21)22)18(2,3)11-30-14-5-4-6-15(10-14)31(23,24,25,26)27/h4-10,29H,1,11,28H2,2-3H3. The third kappa shape index (κ3) is 6.70. The molecule has 31 heavy (non-hydrogen) atoms. The molecule has 0 saturated carbocycles. The number of nitrogens with two attached hydrogens (primary N) is 1. The highest BCUT2D eigenvalue weighted by molar-refractivity contribution is 8.45. The van der Waals surface area contributed by atoms with E-state index in [0.29, 0.717) is 12.1 Å². The second-order valence-electron chi connectivity index (χ2n) is 7.52. The molecule has 2 aromatic rings. The molecule has 0 unspecified atom stereocenters. The second-order valence-corrected chi connectivity index (χ2v) is 11.0.